The molecule has 1 aromatic heterocycles. The van der Waals surface area contributed by atoms with Crippen molar-refractivity contribution in [3.05, 3.63) is 41.6 Å². The van der Waals surface area contributed by atoms with Crippen LogP contribution >= 0.6 is 0 Å². The highest BCUT2D eigenvalue weighted by Crippen LogP contribution is 2.28. The SMILES string of the molecule is C#CCN1C(=O)N=C(N)C1c1ccc2nc(C)ccc2c1. The molecule has 1 aromatic carbocycles. The maximum absolute atomic E-state index is 11.8. The Morgan fingerprint density at radius 3 is 2.95 bits per heavy atom. The topological polar surface area (TPSA) is 71.6 Å². The van der Waals surface area contributed by atoms with Gasteiger partial charge in [-0.3, -0.25) is 9.88 Å². The minimum absolute atomic E-state index is 0.178. The summed E-state index contributed by atoms with van der Waals surface area (Å²) in [5, 5.41) is 0.992. The van der Waals surface area contributed by atoms with Crippen LogP contribution in [0.15, 0.2) is 35.3 Å². The number of rotatable bonds is 2. The normalized spacial score (nSPS) is 17.9. The zero-order valence-electron chi connectivity index (χ0n) is 11.6. The number of aliphatic imine (C=N–C) groups is 1. The molecule has 0 fully saturated rings. The minimum Gasteiger partial charge on any atom is -0.385 e. The molecule has 0 saturated carbocycles. The van der Waals surface area contributed by atoms with E-state index in [0.29, 0.717) is 0 Å². The predicted octanol–water partition coefficient (Wildman–Crippen LogP) is 2.01. The Kier molecular flexibility index (Phi) is 3.07. The molecule has 1 aliphatic heterocycles. The molecule has 0 aliphatic carbocycles. The molecule has 5 nitrogen and oxygen atoms in total. The number of aryl methyl sites for hydroxylation is 1. The highest BCUT2D eigenvalue weighted by molar-refractivity contribution is 6.03. The van der Waals surface area contributed by atoms with E-state index in [1.54, 1.807) is 0 Å². The van der Waals surface area contributed by atoms with Crippen LogP contribution in [0, 0.1) is 19.3 Å². The maximum atomic E-state index is 11.8. The van der Waals surface area contributed by atoms with Gasteiger partial charge in [-0.25, -0.2) is 4.79 Å². The third kappa shape index (κ3) is 2.21. The van der Waals surface area contributed by atoms with Crippen molar-refractivity contribution in [1.82, 2.24) is 9.88 Å². The Morgan fingerprint density at radius 1 is 1.38 bits per heavy atom. The van der Waals surface area contributed by atoms with E-state index < -0.39 is 12.1 Å². The van der Waals surface area contributed by atoms with Gasteiger partial charge in [0.25, 0.3) is 0 Å². The molecule has 2 heterocycles. The Balaban J connectivity index is 2.07. The quantitative estimate of drug-likeness (QED) is 0.854. The first-order valence-corrected chi connectivity index (χ1v) is 6.55. The van der Waals surface area contributed by atoms with E-state index in [4.69, 9.17) is 12.2 Å². The molecule has 5 heteroatoms. The monoisotopic (exact) mass is 278 g/mol. The fourth-order valence-corrected chi connectivity index (χ4v) is 2.53. The summed E-state index contributed by atoms with van der Waals surface area (Å²) in [4.78, 5) is 21.6. The van der Waals surface area contributed by atoms with Crippen LogP contribution in [-0.4, -0.2) is 28.3 Å². The van der Waals surface area contributed by atoms with Gasteiger partial charge in [0, 0.05) is 11.1 Å². The Bertz CT molecular complexity index is 804. The molecule has 2 amide bonds. The van der Waals surface area contributed by atoms with Gasteiger partial charge < -0.3 is 5.73 Å². The summed E-state index contributed by atoms with van der Waals surface area (Å²) in [6.07, 6.45) is 5.32. The van der Waals surface area contributed by atoms with Crippen LogP contribution < -0.4 is 5.73 Å². The number of urea groups is 1. The van der Waals surface area contributed by atoms with Crippen molar-refractivity contribution in [2.45, 2.75) is 13.0 Å². The number of amidine groups is 1. The van der Waals surface area contributed by atoms with Crippen molar-refractivity contribution >= 4 is 22.8 Å². The van der Waals surface area contributed by atoms with E-state index in [1.165, 1.54) is 4.90 Å². The predicted molar refractivity (Wildman–Crippen MR) is 81.8 cm³/mol. The number of carbonyl (C=O) groups is 1. The first-order valence-electron chi connectivity index (χ1n) is 6.55. The number of aromatic nitrogens is 1. The van der Waals surface area contributed by atoms with Gasteiger partial charge in [-0.2, -0.15) is 4.99 Å². The number of hydrogen-bond donors (Lipinski definition) is 1. The van der Waals surface area contributed by atoms with Crippen LogP contribution in [-0.2, 0) is 0 Å². The van der Waals surface area contributed by atoms with Crippen LogP contribution in [0.1, 0.15) is 17.3 Å². The summed E-state index contributed by atoms with van der Waals surface area (Å²) in [5.74, 6) is 2.74. The zero-order valence-corrected chi connectivity index (χ0v) is 11.6. The average Bonchev–Trinajstić information content (AvgIpc) is 2.73. The molecule has 1 unspecified atom stereocenters. The molecule has 21 heavy (non-hydrogen) atoms. The standard InChI is InChI=1S/C16H14N4O/c1-3-8-20-14(15(17)19-16(20)21)12-6-7-13-11(9-12)5-4-10(2)18-13/h1,4-7,9,14H,8H2,2H3,(H2,17,19,21). The molecule has 0 saturated heterocycles. The fraction of sp³-hybridized carbons (Fsp3) is 0.188. The van der Waals surface area contributed by atoms with E-state index in [1.807, 2.05) is 37.3 Å². The van der Waals surface area contributed by atoms with Gasteiger partial charge in [0.15, 0.2) is 0 Å². The van der Waals surface area contributed by atoms with Crippen LogP contribution in [0.3, 0.4) is 0 Å². The van der Waals surface area contributed by atoms with Gasteiger partial charge in [0.1, 0.15) is 11.9 Å². The molecule has 0 spiro atoms. The van der Waals surface area contributed by atoms with Crippen molar-refractivity contribution in [2.24, 2.45) is 10.7 Å². The number of nitrogens with zero attached hydrogens (tertiary/aromatic N) is 3. The number of fused-ring (bicyclic) bond motifs is 1. The van der Waals surface area contributed by atoms with E-state index in [-0.39, 0.29) is 12.4 Å². The first kappa shape index (κ1) is 13.1. The molecule has 0 radical (unpaired) electrons. The number of amides is 2. The lowest BCUT2D eigenvalue weighted by atomic mass is 10.0. The smallest absolute Gasteiger partial charge is 0.346 e. The summed E-state index contributed by atoms with van der Waals surface area (Å²) in [6.45, 7) is 2.13. The van der Waals surface area contributed by atoms with E-state index in [9.17, 15) is 4.79 Å². The average molecular weight is 278 g/mol. The van der Waals surface area contributed by atoms with Crippen LogP contribution in [0.4, 0.5) is 4.79 Å². The maximum Gasteiger partial charge on any atom is 0.346 e. The fourth-order valence-electron chi connectivity index (χ4n) is 2.53. The summed E-state index contributed by atoms with van der Waals surface area (Å²) in [7, 11) is 0. The number of carbonyl (C=O) groups excluding carboxylic acids is 1. The molecule has 2 N–H and O–H groups in total. The summed E-state index contributed by atoms with van der Waals surface area (Å²) < 4.78 is 0. The third-order valence-electron chi connectivity index (χ3n) is 3.49. The van der Waals surface area contributed by atoms with E-state index in [0.717, 1.165) is 22.2 Å². The zero-order chi connectivity index (χ0) is 15.0. The van der Waals surface area contributed by atoms with Crippen LogP contribution in [0.5, 0.6) is 0 Å². The first-order chi connectivity index (χ1) is 10.1. The van der Waals surface area contributed by atoms with Crippen LogP contribution in [0.2, 0.25) is 0 Å². The lowest BCUT2D eigenvalue weighted by molar-refractivity contribution is 0.213. The van der Waals surface area contributed by atoms with Crippen molar-refractivity contribution in [3.63, 3.8) is 0 Å². The van der Waals surface area contributed by atoms with Gasteiger partial charge in [-0.15, -0.1) is 6.42 Å². The number of nitrogens with two attached hydrogens (primary N) is 1. The number of pyridine rings is 1. The highest BCUT2D eigenvalue weighted by Gasteiger charge is 2.33. The molecular weight excluding hydrogens is 264 g/mol. The lowest BCUT2D eigenvalue weighted by Crippen LogP contribution is -2.33. The number of terminal acetylenes is 1. The number of benzene rings is 1. The second-order valence-corrected chi connectivity index (χ2v) is 4.96. The molecule has 1 atom stereocenters. The van der Waals surface area contributed by atoms with E-state index >= 15 is 0 Å². The number of hydrogen-bond acceptors (Lipinski definition) is 3. The second kappa shape index (κ2) is 4.91. The van der Waals surface area contributed by atoms with Crippen molar-refractivity contribution < 1.29 is 4.79 Å². The third-order valence-corrected chi connectivity index (χ3v) is 3.49. The Labute approximate surface area is 122 Å². The molecular formula is C16H14N4O. The van der Waals surface area contributed by atoms with Gasteiger partial charge in [0.2, 0.25) is 0 Å². The summed E-state index contributed by atoms with van der Waals surface area (Å²) in [6, 6.07) is 8.94. The van der Waals surface area contributed by atoms with E-state index in [2.05, 4.69) is 15.9 Å². The van der Waals surface area contributed by atoms with Crippen LogP contribution in [0.25, 0.3) is 10.9 Å². The van der Waals surface area contributed by atoms with Gasteiger partial charge >= 0.3 is 6.03 Å². The molecule has 1 aliphatic rings. The minimum atomic E-state index is -0.403. The van der Waals surface area contributed by atoms with Crippen molar-refractivity contribution in [3.8, 4) is 12.3 Å². The molecule has 2 aromatic rings. The molecule has 104 valence electrons. The van der Waals surface area contributed by atoms with Gasteiger partial charge in [0.05, 0.1) is 12.1 Å². The molecule has 3 rings (SSSR count). The molecule has 0 bridgehead atoms. The second-order valence-electron chi connectivity index (χ2n) is 4.96. The Morgan fingerprint density at radius 2 is 2.19 bits per heavy atom. The highest BCUT2D eigenvalue weighted by atomic mass is 16.2. The van der Waals surface area contributed by atoms with Crippen molar-refractivity contribution in [1.29, 1.82) is 0 Å². The summed E-state index contributed by atoms with van der Waals surface area (Å²) >= 11 is 0. The van der Waals surface area contributed by atoms with Crippen molar-refractivity contribution in [2.75, 3.05) is 6.54 Å². The lowest BCUT2D eigenvalue weighted by Gasteiger charge is -2.22. The van der Waals surface area contributed by atoms with Gasteiger partial charge in [-0.1, -0.05) is 18.1 Å². The Hall–Kier alpha value is -2.87. The van der Waals surface area contributed by atoms with Gasteiger partial charge in [-0.05, 0) is 30.7 Å². The largest absolute Gasteiger partial charge is 0.385 e. The summed E-state index contributed by atoms with van der Waals surface area (Å²) in [5.41, 5.74) is 8.64.